The van der Waals surface area contributed by atoms with Crippen LogP contribution in [0.15, 0.2) is 30.9 Å². The molecule has 0 bridgehead atoms. The van der Waals surface area contributed by atoms with Gasteiger partial charge >= 0.3 is 12.0 Å². The van der Waals surface area contributed by atoms with Crippen molar-refractivity contribution < 1.29 is 14.3 Å². The summed E-state index contributed by atoms with van der Waals surface area (Å²) in [5.74, 6) is -0.470. The first-order valence-electron chi connectivity index (χ1n) is 9.13. The van der Waals surface area contributed by atoms with Gasteiger partial charge in [-0.05, 0) is 23.6 Å². The molecule has 2 aromatic rings. The molecule has 27 heavy (non-hydrogen) atoms. The molecule has 0 radical (unpaired) electrons. The molecule has 8 nitrogen and oxygen atoms in total. The quantitative estimate of drug-likeness (QED) is 0.784. The van der Waals surface area contributed by atoms with E-state index in [1.807, 2.05) is 26.0 Å². The number of carbonyl (C=O) groups excluding carboxylic acids is 2. The molecule has 1 aliphatic heterocycles. The topological polar surface area (TPSA) is 100 Å². The predicted octanol–water partition coefficient (Wildman–Crippen LogP) is 2.05. The number of H-pyrrole nitrogens is 1. The smallest absolute Gasteiger partial charge is 0.328 e. The van der Waals surface area contributed by atoms with Crippen LogP contribution in [0.5, 0.6) is 0 Å². The molecule has 3 heterocycles. The Kier molecular flexibility index (Phi) is 5.73. The first kappa shape index (κ1) is 18.9. The van der Waals surface area contributed by atoms with Gasteiger partial charge in [-0.15, -0.1) is 0 Å². The highest BCUT2D eigenvalue weighted by molar-refractivity contribution is 5.84. The molecular formula is C19H25N5O3. The highest BCUT2D eigenvalue weighted by Gasteiger charge is 2.36. The lowest BCUT2D eigenvalue weighted by Crippen LogP contribution is -2.53. The second-order valence-corrected chi connectivity index (χ2v) is 6.73. The summed E-state index contributed by atoms with van der Waals surface area (Å²) in [4.78, 5) is 38.7. The summed E-state index contributed by atoms with van der Waals surface area (Å²) in [5, 5.41) is 2.87. The number of pyridine rings is 1. The molecule has 0 saturated carbocycles. The number of rotatable bonds is 5. The molecule has 3 unspecified atom stereocenters. The SMILES string of the molecule is CCC(C)C(NC(=O)N1CCc2[nH]cnc2C1c1ccncc1)C(=O)OC. The van der Waals surface area contributed by atoms with E-state index in [2.05, 4.69) is 20.3 Å². The molecule has 2 N–H and O–H groups in total. The van der Waals surface area contributed by atoms with Gasteiger partial charge in [0.05, 0.1) is 19.1 Å². The number of amides is 2. The summed E-state index contributed by atoms with van der Waals surface area (Å²) in [5.41, 5.74) is 2.76. The van der Waals surface area contributed by atoms with Crippen molar-refractivity contribution in [3.8, 4) is 0 Å². The van der Waals surface area contributed by atoms with E-state index < -0.39 is 12.0 Å². The van der Waals surface area contributed by atoms with Crippen LogP contribution in [0.4, 0.5) is 4.79 Å². The Hall–Kier alpha value is -2.90. The van der Waals surface area contributed by atoms with Gasteiger partial charge in [0.2, 0.25) is 0 Å². The zero-order valence-electron chi connectivity index (χ0n) is 15.8. The van der Waals surface area contributed by atoms with E-state index in [0.29, 0.717) is 13.0 Å². The third-order valence-electron chi connectivity index (χ3n) is 5.15. The zero-order valence-corrected chi connectivity index (χ0v) is 15.8. The van der Waals surface area contributed by atoms with Gasteiger partial charge in [-0.2, -0.15) is 0 Å². The van der Waals surface area contributed by atoms with Gasteiger partial charge < -0.3 is 19.9 Å². The normalized spacial score (nSPS) is 18.3. The Bertz CT molecular complexity index is 792. The fraction of sp³-hybridized carbons (Fsp3) is 0.474. The van der Waals surface area contributed by atoms with Gasteiger partial charge in [0, 0.05) is 31.1 Å². The molecule has 3 atom stereocenters. The van der Waals surface area contributed by atoms with Crippen LogP contribution in [0.25, 0.3) is 0 Å². The van der Waals surface area contributed by atoms with Crippen molar-refractivity contribution in [3.05, 3.63) is 47.8 Å². The molecule has 0 aliphatic carbocycles. The summed E-state index contributed by atoms with van der Waals surface area (Å²) in [6, 6.07) is 2.42. The summed E-state index contributed by atoms with van der Waals surface area (Å²) in [6.07, 6.45) is 6.47. The van der Waals surface area contributed by atoms with Crippen molar-refractivity contribution in [3.63, 3.8) is 0 Å². The van der Waals surface area contributed by atoms with E-state index in [1.54, 1.807) is 23.6 Å². The van der Waals surface area contributed by atoms with Crippen LogP contribution in [0.2, 0.25) is 0 Å². The van der Waals surface area contributed by atoms with Crippen molar-refractivity contribution in [1.29, 1.82) is 0 Å². The Morgan fingerprint density at radius 2 is 2.15 bits per heavy atom. The number of carbonyl (C=O) groups is 2. The fourth-order valence-electron chi connectivity index (χ4n) is 3.39. The first-order valence-corrected chi connectivity index (χ1v) is 9.13. The van der Waals surface area contributed by atoms with E-state index >= 15 is 0 Å². The van der Waals surface area contributed by atoms with Crippen molar-refractivity contribution in [2.75, 3.05) is 13.7 Å². The van der Waals surface area contributed by atoms with Crippen molar-refractivity contribution in [2.45, 2.75) is 38.8 Å². The first-order chi connectivity index (χ1) is 13.1. The number of hydrogen-bond acceptors (Lipinski definition) is 5. The number of esters is 1. The summed E-state index contributed by atoms with van der Waals surface area (Å²) >= 11 is 0. The Morgan fingerprint density at radius 3 is 2.81 bits per heavy atom. The van der Waals surface area contributed by atoms with Gasteiger partial charge in [-0.25, -0.2) is 14.6 Å². The van der Waals surface area contributed by atoms with E-state index in [4.69, 9.17) is 4.74 Å². The maximum absolute atomic E-state index is 13.1. The molecular weight excluding hydrogens is 346 g/mol. The molecule has 1 aliphatic rings. The number of imidazole rings is 1. The second-order valence-electron chi connectivity index (χ2n) is 6.73. The van der Waals surface area contributed by atoms with Crippen molar-refractivity contribution in [1.82, 2.24) is 25.2 Å². The molecule has 0 saturated heterocycles. The molecule has 8 heteroatoms. The van der Waals surface area contributed by atoms with Crippen LogP contribution < -0.4 is 5.32 Å². The fourth-order valence-corrected chi connectivity index (χ4v) is 3.39. The number of nitrogens with zero attached hydrogens (tertiary/aromatic N) is 3. The minimum Gasteiger partial charge on any atom is -0.467 e. The number of aromatic nitrogens is 3. The van der Waals surface area contributed by atoms with Crippen LogP contribution in [0.1, 0.15) is 43.3 Å². The number of urea groups is 1. The van der Waals surface area contributed by atoms with Crippen LogP contribution in [-0.4, -0.2) is 51.5 Å². The monoisotopic (exact) mass is 371 g/mol. The molecule has 2 aromatic heterocycles. The Labute approximate surface area is 158 Å². The number of ether oxygens (including phenoxy) is 1. The zero-order chi connectivity index (χ0) is 19.4. The van der Waals surface area contributed by atoms with Gasteiger partial charge in [0.1, 0.15) is 12.1 Å². The van der Waals surface area contributed by atoms with Gasteiger partial charge in [-0.3, -0.25) is 4.98 Å². The van der Waals surface area contributed by atoms with Gasteiger partial charge in [0.25, 0.3) is 0 Å². The predicted molar refractivity (Wildman–Crippen MR) is 98.9 cm³/mol. The maximum Gasteiger partial charge on any atom is 0.328 e. The van der Waals surface area contributed by atoms with Crippen LogP contribution in [0, 0.1) is 5.92 Å². The molecule has 0 spiro atoms. The van der Waals surface area contributed by atoms with Crippen LogP contribution in [0.3, 0.4) is 0 Å². The van der Waals surface area contributed by atoms with E-state index in [9.17, 15) is 9.59 Å². The number of fused-ring (bicyclic) bond motifs is 1. The maximum atomic E-state index is 13.1. The summed E-state index contributed by atoms with van der Waals surface area (Å²) in [7, 11) is 1.33. The number of nitrogens with one attached hydrogen (secondary N) is 2. The molecule has 0 aromatic carbocycles. The third kappa shape index (κ3) is 3.79. The standard InChI is InChI=1S/C19H25N5O3/c1-4-12(2)15(18(25)27-3)23-19(26)24-10-7-14-16(22-11-21-14)17(24)13-5-8-20-9-6-13/h5-6,8-9,11-12,15,17H,4,7,10H2,1-3H3,(H,21,22)(H,23,26). The van der Waals surface area contributed by atoms with Crippen LogP contribution in [-0.2, 0) is 16.0 Å². The number of hydrogen-bond donors (Lipinski definition) is 2. The average Bonchev–Trinajstić information content (AvgIpc) is 3.19. The summed E-state index contributed by atoms with van der Waals surface area (Å²) < 4.78 is 4.88. The highest BCUT2D eigenvalue weighted by atomic mass is 16.5. The van der Waals surface area contributed by atoms with Crippen molar-refractivity contribution >= 4 is 12.0 Å². The molecule has 144 valence electrons. The Balaban J connectivity index is 1.89. The lowest BCUT2D eigenvalue weighted by atomic mass is 9.96. The highest BCUT2D eigenvalue weighted by Crippen LogP contribution is 2.33. The lowest BCUT2D eigenvalue weighted by molar-refractivity contribution is -0.144. The van der Waals surface area contributed by atoms with Crippen LogP contribution >= 0.6 is 0 Å². The number of methoxy groups -OCH3 is 1. The molecule has 2 amide bonds. The molecule has 0 fully saturated rings. The van der Waals surface area contributed by atoms with E-state index in [0.717, 1.165) is 23.4 Å². The van der Waals surface area contributed by atoms with Crippen molar-refractivity contribution in [2.24, 2.45) is 5.92 Å². The van der Waals surface area contributed by atoms with Gasteiger partial charge in [0.15, 0.2) is 0 Å². The van der Waals surface area contributed by atoms with E-state index in [1.165, 1.54) is 7.11 Å². The van der Waals surface area contributed by atoms with Gasteiger partial charge in [-0.1, -0.05) is 20.3 Å². The minimum absolute atomic E-state index is 0.0356. The average molecular weight is 371 g/mol. The summed E-state index contributed by atoms with van der Waals surface area (Å²) in [6.45, 7) is 4.41. The lowest BCUT2D eigenvalue weighted by Gasteiger charge is -2.36. The third-order valence-corrected chi connectivity index (χ3v) is 5.15. The molecule has 3 rings (SSSR count). The minimum atomic E-state index is -0.689. The van der Waals surface area contributed by atoms with E-state index in [-0.39, 0.29) is 18.0 Å². The number of aromatic amines is 1. The largest absolute Gasteiger partial charge is 0.467 e. The Morgan fingerprint density at radius 1 is 1.41 bits per heavy atom. The second kappa shape index (κ2) is 8.20.